The van der Waals surface area contributed by atoms with E-state index in [2.05, 4.69) is 6.92 Å². The minimum Gasteiger partial charge on any atom is -0.480 e. The van der Waals surface area contributed by atoms with E-state index >= 15 is 0 Å². The van der Waals surface area contributed by atoms with Crippen LogP contribution in [0, 0.1) is 0 Å². The molecule has 1 unspecified atom stereocenters. The van der Waals surface area contributed by atoms with E-state index in [4.69, 9.17) is 0 Å². The van der Waals surface area contributed by atoms with Gasteiger partial charge in [-0.2, -0.15) is 0 Å². The minimum atomic E-state index is -0.692. The fourth-order valence-corrected chi connectivity index (χ4v) is 3.09. The number of rotatable bonds is 10. The summed E-state index contributed by atoms with van der Waals surface area (Å²) in [7, 11) is 0. The third kappa shape index (κ3) is 7.26. The summed E-state index contributed by atoms with van der Waals surface area (Å²) < 4.78 is 0. The minimum absolute atomic E-state index is 0.312. The molecule has 0 aromatic heterocycles. The second kappa shape index (κ2) is 9.90. The zero-order chi connectivity index (χ0) is 13.9. The van der Waals surface area contributed by atoms with Crippen LogP contribution in [0.15, 0.2) is 30.3 Å². The first kappa shape index (κ1) is 16.1. The second-order valence-corrected chi connectivity index (χ2v) is 6.11. The van der Waals surface area contributed by atoms with Crippen molar-refractivity contribution in [3.8, 4) is 0 Å². The van der Waals surface area contributed by atoms with Crippen molar-refractivity contribution in [1.82, 2.24) is 0 Å². The van der Waals surface area contributed by atoms with E-state index in [1.165, 1.54) is 25.7 Å². The third-order valence-corrected chi connectivity index (χ3v) is 4.40. The maximum atomic E-state index is 11.2. The van der Waals surface area contributed by atoms with Gasteiger partial charge in [-0.05, 0) is 24.2 Å². The third-order valence-electron chi connectivity index (χ3n) is 3.11. The zero-order valence-electron chi connectivity index (χ0n) is 11.7. The van der Waals surface area contributed by atoms with Crippen molar-refractivity contribution in [3.63, 3.8) is 0 Å². The normalized spacial score (nSPS) is 12.3. The summed E-state index contributed by atoms with van der Waals surface area (Å²) >= 11 is 1.58. The van der Waals surface area contributed by atoms with Crippen LogP contribution in [0.5, 0.6) is 0 Å². The van der Waals surface area contributed by atoms with Gasteiger partial charge >= 0.3 is 5.97 Å². The van der Waals surface area contributed by atoms with Crippen molar-refractivity contribution in [2.24, 2.45) is 0 Å². The Morgan fingerprint density at radius 3 is 2.47 bits per heavy atom. The van der Waals surface area contributed by atoms with Crippen molar-refractivity contribution in [2.75, 3.05) is 5.75 Å². The molecule has 0 aliphatic rings. The summed E-state index contributed by atoms with van der Waals surface area (Å²) in [6.45, 7) is 2.20. The lowest BCUT2D eigenvalue weighted by Gasteiger charge is -2.12. The molecule has 3 heteroatoms. The fraction of sp³-hybridized carbons (Fsp3) is 0.562. The Bertz CT molecular complexity index is 351. The molecule has 0 aliphatic heterocycles. The molecule has 0 saturated carbocycles. The van der Waals surface area contributed by atoms with Crippen LogP contribution in [0.3, 0.4) is 0 Å². The van der Waals surface area contributed by atoms with Crippen molar-refractivity contribution in [1.29, 1.82) is 0 Å². The molecule has 1 aromatic carbocycles. The van der Waals surface area contributed by atoms with Crippen LogP contribution in [0.4, 0.5) is 0 Å². The lowest BCUT2D eigenvalue weighted by Crippen LogP contribution is -2.19. The van der Waals surface area contributed by atoms with Gasteiger partial charge in [-0.1, -0.05) is 62.9 Å². The molecule has 0 fully saturated rings. The van der Waals surface area contributed by atoms with E-state index in [9.17, 15) is 9.90 Å². The summed E-state index contributed by atoms with van der Waals surface area (Å²) in [6.07, 6.45) is 6.78. The standard InChI is InChI=1S/C16H24O2S/c1-2-3-4-5-9-12-19-15(16(17)18)13-14-10-7-6-8-11-14/h6-8,10-11,15H,2-5,9,12-13H2,1H3,(H,17,18). The van der Waals surface area contributed by atoms with E-state index in [0.29, 0.717) is 6.42 Å². The first-order valence-electron chi connectivity index (χ1n) is 7.12. The van der Waals surface area contributed by atoms with E-state index in [1.807, 2.05) is 30.3 Å². The Kier molecular flexibility index (Phi) is 8.39. The topological polar surface area (TPSA) is 37.3 Å². The fourth-order valence-electron chi connectivity index (χ4n) is 1.98. The van der Waals surface area contributed by atoms with Crippen molar-refractivity contribution < 1.29 is 9.90 Å². The zero-order valence-corrected chi connectivity index (χ0v) is 12.5. The highest BCUT2D eigenvalue weighted by Gasteiger charge is 2.17. The van der Waals surface area contributed by atoms with Gasteiger partial charge in [0.15, 0.2) is 0 Å². The molecule has 0 spiro atoms. The summed E-state index contributed by atoms with van der Waals surface area (Å²) in [5.41, 5.74) is 1.10. The smallest absolute Gasteiger partial charge is 0.316 e. The van der Waals surface area contributed by atoms with Gasteiger partial charge in [0.2, 0.25) is 0 Å². The molecule has 0 bridgehead atoms. The van der Waals surface area contributed by atoms with Crippen molar-refractivity contribution >= 4 is 17.7 Å². The highest BCUT2D eigenvalue weighted by molar-refractivity contribution is 8.00. The largest absolute Gasteiger partial charge is 0.480 e. The molecule has 106 valence electrons. The Hall–Kier alpha value is -0.960. The number of hydrogen-bond acceptors (Lipinski definition) is 2. The number of carboxylic acids is 1. The summed E-state index contributed by atoms with van der Waals surface area (Å²) in [4.78, 5) is 11.2. The number of carboxylic acid groups (broad SMARTS) is 1. The van der Waals surface area contributed by atoms with Gasteiger partial charge in [0.25, 0.3) is 0 Å². The summed E-state index contributed by atoms with van der Waals surface area (Å²) in [5, 5.41) is 8.94. The molecule has 1 N–H and O–H groups in total. The van der Waals surface area contributed by atoms with Crippen LogP contribution in [-0.2, 0) is 11.2 Å². The van der Waals surface area contributed by atoms with E-state index in [1.54, 1.807) is 11.8 Å². The van der Waals surface area contributed by atoms with Gasteiger partial charge in [-0.25, -0.2) is 0 Å². The van der Waals surface area contributed by atoms with Crippen LogP contribution < -0.4 is 0 Å². The van der Waals surface area contributed by atoms with Crippen molar-refractivity contribution in [2.45, 2.75) is 50.7 Å². The number of unbranched alkanes of at least 4 members (excludes halogenated alkanes) is 4. The molecule has 1 atom stereocenters. The van der Waals surface area contributed by atoms with Gasteiger partial charge < -0.3 is 5.11 Å². The van der Waals surface area contributed by atoms with Gasteiger partial charge in [-0.15, -0.1) is 11.8 Å². The lowest BCUT2D eigenvalue weighted by molar-refractivity contribution is -0.136. The van der Waals surface area contributed by atoms with Crippen LogP contribution in [0.2, 0.25) is 0 Å². The molecular weight excluding hydrogens is 256 g/mol. The molecule has 0 heterocycles. The molecule has 0 aliphatic carbocycles. The molecular formula is C16H24O2S. The number of carbonyl (C=O) groups is 1. The van der Waals surface area contributed by atoms with Gasteiger partial charge in [-0.3, -0.25) is 4.79 Å². The van der Waals surface area contributed by atoms with E-state index in [0.717, 1.165) is 17.7 Å². The van der Waals surface area contributed by atoms with Crippen LogP contribution in [0.25, 0.3) is 0 Å². The monoisotopic (exact) mass is 280 g/mol. The molecule has 1 rings (SSSR count). The molecule has 19 heavy (non-hydrogen) atoms. The number of benzene rings is 1. The SMILES string of the molecule is CCCCCCCSC(Cc1ccccc1)C(=O)O. The van der Waals surface area contributed by atoms with Crippen molar-refractivity contribution in [3.05, 3.63) is 35.9 Å². The Morgan fingerprint density at radius 1 is 1.16 bits per heavy atom. The molecule has 2 nitrogen and oxygen atoms in total. The quantitative estimate of drug-likeness (QED) is 0.646. The second-order valence-electron chi connectivity index (χ2n) is 4.80. The summed E-state index contributed by atoms with van der Waals surface area (Å²) in [5.74, 6) is 0.260. The maximum absolute atomic E-state index is 11.2. The van der Waals surface area contributed by atoms with Crippen LogP contribution in [0.1, 0.15) is 44.6 Å². The van der Waals surface area contributed by atoms with Gasteiger partial charge in [0.1, 0.15) is 5.25 Å². The molecule has 0 radical (unpaired) electrons. The molecule has 0 amide bonds. The van der Waals surface area contributed by atoms with Crippen LogP contribution >= 0.6 is 11.8 Å². The average Bonchev–Trinajstić information content (AvgIpc) is 2.42. The predicted octanol–water partition coefficient (Wildman–Crippen LogP) is 4.39. The summed E-state index contributed by atoms with van der Waals surface area (Å²) in [6, 6.07) is 9.88. The molecule has 0 saturated heterocycles. The predicted molar refractivity (Wildman–Crippen MR) is 82.8 cm³/mol. The maximum Gasteiger partial charge on any atom is 0.316 e. The first-order valence-corrected chi connectivity index (χ1v) is 8.17. The van der Waals surface area contributed by atoms with E-state index < -0.39 is 5.97 Å². The Labute approximate surface area is 120 Å². The highest BCUT2D eigenvalue weighted by atomic mass is 32.2. The Balaban J connectivity index is 2.27. The average molecular weight is 280 g/mol. The Morgan fingerprint density at radius 2 is 1.84 bits per heavy atom. The van der Waals surface area contributed by atoms with E-state index in [-0.39, 0.29) is 5.25 Å². The van der Waals surface area contributed by atoms with Gasteiger partial charge in [0, 0.05) is 0 Å². The number of thioether (sulfide) groups is 1. The lowest BCUT2D eigenvalue weighted by atomic mass is 10.1. The first-order chi connectivity index (χ1) is 9.24. The van der Waals surface area contributed by atoms with Crippen LogP contribution in [-0.4, -0.2) is 22.1 Å². The van der Waals surface area contributed by atoms with Gasteiger partial charge in [0.05, 0.1) is 0 Å². The highest BCUT2D eigenvalue weighted by Crippen LogP contribution is 2.19. The number of hydrogen-bond donors (Lipinski definition) is 1. The number of aliphatic carboxylic acids is 1. The molecule has 1 aromatic rings.